The maximum Gasteiger partial charge on any atom is -0.0205 e. The average molecular weight is 288 g/mol. The lowest BCUT2D eigenvalue weighted by Gasteiger charge is -2.50. The lowest BCUT2D eigenvalue weighted by molar-refractivity contribution is 0.0469. The first kappa shape index (κ1) is 14.6. The fraction of sp³-hybridized carbons (Fsp3) is 0.952. The van der Waals surface area contributed by atoms with Crippen LogP contribution in [-0.2, 0) is 0 Å². The van der Waals surface area contributed by atoms with E-state index in [9.17, 15) is 0 Å². The molecule has 5 fully saturated rings. The van der Waals surface area contributed by atoms with Gasteiger partial charge in [0.05, 0.1) is 0 Å². The predicted molar refractivity (Wildman–Crippen MR) is 90.0 cm³/mol. The number of hydrogen-bond donors (Lipinski definition) is 0. The summed E-state index contributed by atoms with van der Waals surface area (Å²) < 4.78 is 0. The zero-order valence-electron chi connectivity index (χ0n) is 14.0. The summed E-state index contributed by atoms with van der Waals surface area (Å²) in [5, 5.41) is 0. The van der Waals surface area contributed by atoms with Crippen LogP contribution in [0.4, 0.5) is 0 Å². The smallest absolute Gasteiger partial charge is 0.0205 e. The summed E-state index contributed by atoms with van der Waals surface area (Å²) >= 11 is 0. The first-order valence-electron chi connectivity index (χ1n) is 10.2. The molecule has 4 bridgehead atoms. The molecule has 5 aliphatic rings. The van der Waals surface area contributed by atoms with Gasteiger partial charge >= 0.3 is 0 Å². The highest BCUT2D eigenvalue weighted by Gasteiger charge is 2.46. The Hall–Kier alpha value is 0. The fourth-order valence-corrected chi connectivity index (χ4v) is 6.88. The highest BCUT2D eigenvalue weighted by Crippen LogP contribution is 2.58. The molecule has 5 saturated carbocycles. The SMILES string of the molecule is C1C[C]2CCCC(C1)CCC2C12CCCCC(CCC1)C2. The van der Waals surface area contributed by atoms with Crippen LogP contribution in [0.2, 0.25) is 0 Å². The summed E-state index contributed by atoms with van der Waals surface area (Å²) in [6, 6.07) is 0. The molecule has 0 aromatic rings. The molecule has 0 aromatic heterocycles. The van der Waals surface area contributed by atoms with Gasteiger partial charge in [0.25, 0.3) is 0 Å². The molecule has 3 unspecified atom stereocenters. The lowest BCUT2D eigenvalue weighted by atomic mass is 9.55. The van der Waals surface area contributed by atoms with Gasteiger partial charge in [0, 0.05) is 0 Å². The molecule has 0 N–H and O–H groups in total. The Morgan fingerprint density at radius 1 is 0.619 bits per heavy atom. The van der Waals surface area contributed by atoms with E-state index in [1.165, 1.54) is 32.1 Å². The highest BCUT2D eigenvalue weighted by molar-refractivity contribution is 5.08. The molecular weight excluding hydrogens is 252 g/mol. The normalized spacial score (nSPS) is 45.4. The van der Waals surface area contributed by atoms with E-state index in [0.29, 0.717) is 0 Å². The molecule has 3 atom stereocenters. The van der Waals surface area contributed by atoms with Gasteiger partial charge in [0.1, 0.15) is 0 Å². The van der Waals surface area contributed by atoms with Crippen molar-refractivity contribution >= 4 is 0 Å². The molecule has 119 valence electrons. The minimum atomic E-state index is 0.772. The van der Waals surface area contributed by atoms with Gasteiger partial charge < -0.3 is 0 Å². The predicted octanol–water partition coefficient (Wildman–Crippen LogP) is 6.69. The largest absolute Gasteiger partial charge is 0.0530 e. The third kappa shape index (κ3) is 2.93. The van der Waals surface area contributed by atoms with Crippen molar-refractivity contribution in [3.05, 3.63) is 5.92 Å². The van der Waals surface area contributed by atoms with E-state index in [0.717, 1.165) is 23.2 Å². The van der Waals surface area contributed by atoms with Crippen molar-refractivity contribution in [3.8, 4) is 0 Å². The van der Waals surface area contributed by atoms with E-state index in [-0.39, 0.29) is 0 Å². The molecule has 5 aliphatic carbocycles. The molecule has 21 heavy (non-hydrogen) atoms. The van der Waals surface area contributed by atoms with Crippen molar-refractivity contribution in [1.82, 2.24) is 0 Å². The second-order valence-electron chi connectivity index (χ2n) is 9.01. The Bertz CT molecular complexity index is 336. The molecule has 0 spiro atoms. The number of fused-ring (bicyclic) bond motifs is 9. The molecule has 0 heteroatoms. The summed E-state index contributed by atoms with van der Waals surface area (Å²) in [4.78, 5) is 0. The number of rotatable bonds is 1. The second-order valence-corrected chi connectivity index (χ2v) is 9.01. The van der Waals surface area contributed by atoms with Crippen molar-refractivity contribution in [2.24, 2.45) is 23.2 Å². The minimum Gasteiger partial charge on any atom is -0.0530 e. The van der Waals surface area contributed by atoms with Gasteiger partial charge in [-0.15, -0.1) is 0 Å². The first-order valence-corrected chi connectivity index (χ1v) is 10.2. The molecule has 0 amide bonds. The van der Waals surface area contributed by atoms with Gasteiger partial charge in [-0.1, -0.05) is 64.2 Å². The summed E-state index contributed by atoms with van der Waals surface area (Å²) in [6.07, 6.45) is 24.9. The van der Waals surface area contributed by atoms with Gasteiger partial charge in [-0.05, 0) is 67.6 Å². The van der Waals surface area contributed by atoms with E-state index in [4.69, 9.17) is 0 Å². The van der Waals surface area contributed by atoms with Crippen LogP contribution < -0.4 is 0 Å². The standard InChI is InChI=1S/C21H35/c1-2-14-21(15-5-9-18(6-1)16-21)20-13-12-17-7-3-10-19(20)11-4-8-17/h17-18,20H,1-16H2. The summed E-state index contributed by atoms with van der Waals surface area (Å²) in [6.45, 7) is 0. The molecule has 5 rings (SSSR count). The van der Waals surface area contributed by atoms with Crippen molar-refractivity contribution in [2.45, 2.75) is 103 Å². The molecule has 0 nitrogen and oxygen atoms in total. The molecule has 1 radical (unpaired) electrons. The van der Waals surface area contributed by atoms with E-state index in [1.54, 1.807) is 70.6 Å². The van der Waals surface area contributed by atoms with Crippen LogP contribution >= 0.6 is 0 Å². The van der Waals surface area contributed by atoms with E-state index >= 15 is 0 Å². The van der Waals surface area contributed by atoms with Crippen LogP contribution in [0.1, 0.15) is 103 Å². The van der Waals surface area contributed by atoms with Crippen LogP contribution in [-0.4, -0.2) is 0 Å². The van der Waals surface area contributed by atoms with Gasteiger partial charge in [0.2, 0.25) is 0 Å². The third-order valence-electron chi connectivity index (χ3n) is 7.84. The van der Waals surface area contributed by atoms with E-state index in [1.807, 2.05) is 0 Å². The average Bonchev–Trinajstić information content (AvgIpc) is 2.56. The van der Waals surface area contributed by atoms with Crippen LogP contribution in [0.3, 0.4) is 0 Å². The molecule has 0 aromatic carbocycles. The highest BCUT2D eigenvalue weighted by atomic mass is 14.5. The molecule has 0 saturated heterocycles. The van der Waals surface area contributed by atoms with Crippen LogP contribution in [0.5, 0.6) is 0 Å². The first-order chi connectivity index (χ1) is 10.4. The Morgan fingerprint density at radius 2 is 1.33 bits per heavy atom. The van der Waals surface area contributed by atoms with Crippen molar-refractivity contribution in [3.63, 3.8) is 0 Å². The van der Waals surface area contributed by atoms with Gasteiger partial charge in [-0.2, -0.15) is 0 Å². The number of hydrogen-bond acceptors (Lipinski definition) is 0. The Labute approximate surface area is 132 Å². The topological polar surface area (TPSA) is 0 Å². The van der Waals surface area contributed by atoms with E-state index in [2.05, 4.69) is 5.92 Å². The molecular formula is C21H35. The quantitative estimate of drug-likeness (QED) is 0.504. The second kappa shape index (κ2) is 6.25. The van der Waals surface area contributed by atoms with Gasteiger partial charge in [-0.3, -0.25) is 0 Å². The zero-order chi connectivity index (χ0) is 14.1. The van der Waals surface area contributed by atoms with Crippen molar-refractivity contribution in [1.29, 1.82) is 0 Å². The molecule has 0 heterocycles. The monoisotopic (exact) mass is 287 g/mol. The maximum absolute atomic E-state index is 2.05. The van der Waals surface area contributed by atoms with E-state index < -0.39 is 0 Å². The molecule has 0 aliphatic heterocycles. The van der Waals surface area contributed by atoms with Gasteiger partial charge in [0.15, 0.2) is 0 Å². The summed E-state index contributed by atoms with van der Waals surface area (Å²) in [5.41, 5.74) is 0.772. The van der Waals surface area contributed by atoms with Crippen molar-refractivity contribution in [2.75, 3.05) is 0 Å². The maximum atomic E-state index is 2.05. The lowest BCUT2D eigenvalue weighted by Crippen LogP contribution is -2.40. The van der Waals surface area contributed by atoms with Crippen LogP contribution in [0, 0.1) is 29.1 Å². The zero-order valence-corrected chi connectivity index (χ0v) is 14.0. The Kier molecular flexibility index (Phi) is 4.34. The third-order valence-corrected chi connectivity index (χ3v) is 7.84. The van der Waals surface area contributed by atoms with Crippen LogP contribution in [0.25, 0.3) is 0 Å². The van der Waals surface area contributed by atoms with Crippen molar-refractivity contribution < 1.29 is 0 Å². The fourth-order valence-electron chi connectivity index (χ4n) is 6.88. The summed E-state index contributed by atoms with van der Waals surface area (Å²) in [5.74, 6) is 5.29. The minimum absolute atomic E-state index is 0.772. The summed E-state index contributed by atoms with van der Waals surface area (Å²) in [7, 11) is 0. The van der Waals surface area contributed by atoms with Gasteiger partial charge in [-0.25, -0.2) is 0 Å². The Morgan fingerprint density at radius 3 is 2.19 bits per heavy atom. The Balaban J connectivity index is 1.59. The van der Waals surface area contributed by atoms with Crippen LogP contribution in [0.15, 0.2) is 0 Å².